The molecule has 0 aromatic carbocycles. The number of nitrogen functional groups attached to an aromatic ring is 1. The molecule has 2 rings (SSSR count). The summed E-state index contributed by atoms with van der Waals surface area (Å²) in [6.45, 7) is 0. The topological polar surface area (TPSA) is 108 Å². The SMILES string of the molecule is Nc1ncnc(Cc2ccccn2)c1[N+](=O)[O-]. The third-order valence-electron chi connectivity index (χ3n) is 2.18. The van der Waals surface area contributed by atoms with E-state index >= 15 is 0 Å². The number of aromatic nitrogens is 3. The summed E-state index contributed by atoms with van der Waals surface area (Å²) in [6, 6.07) is 5.34. The molecule has 0 radical (unpaired) electrons. The van der Waals surface area contributed by atoms with Crippen molar-refractivity contribution in [3.63, 3.8) is 0 Å². The van der Waals surface area contributed by atoms with Gasteiger partial charge in [0.2, 0.25) is 5.82 Å². The molecule has 7 nitrogen and oxygen atoms in total. The maximum atomic E-state index is 10.9. The van der Waals surface area contributed by atoms with Gasteiger partial charge in [-0.15, -0.1) is 0 Å². The molecule has 0 saturated carbocycles. The zero-order valence-electron chi connectivity index (χ0n) is 8.78. The lowest BCUT2D eigenvalue weighted by molar-refractivity contribution is -0.385. The highest BCUT2D eigenvalue weighted by atomic mass is 16.6. The molecule has 2 aromatic rings. The predicted molar refractivity (Wildman–Crippen MR) is 60.1 cm³/mol. The van der Waals surface area contributed by atoms with E-state index in [0.717, 1.165) is 0 Å². The van der Waals surface area contributed by atoms with E-state index in [1.807, 2.05) is 0 Å². The minimum Gasteiger partial charge on any atom is -0.378 e. The second-order valence-electron chi connectivity index (χ2n) is 3.31. The number of nitro groups is 1. The normalized spacial score (nSPS) is 10.1. The number of nitrogens with zero attached hydrogens (tertiary/aromatic N) is 4. The van der Waals surface area contributed by atoms with Crippen molar-refractivity contribution in [2.45, 2.75) is 6.42 Å². The van der Waals surface area contributed by atoms with E-state index in [4.69, 9.17) is 5.73 Å². The van der Waals surface area contributed by atoms with Crippen LogP contribution in [0, 0.1) is 10.1 Å². The van der Waals surface area contributed by atoms with Gasteiger partial charge in [0.25, 0.3) is 0 Å². The molecule has 2 heterocycles. The molecule has 17 heavy (non-hydrogen) atoms. The average molecular weight is 231 g/mol. The summed E-state index contributed by atoms with van der Waals surface area (Å²) in [5.41, 5.74) is 6.16. The van der Waals surface area contributed by atoms with Gasteiger partial charge in [-0.05, 0) is 12.1 Å². The van der Waals surface area contributed by atoms with Gasteiger partial charge < -0.3 is 5.73 Å². The van der Waals surface area contributed by atoms with Crippen LogP contribution in [0.2, 0.25) is 0 Å². The van der Waals surface area contributed by atoms with Crippen molar-refractivity contribution < 1.29 is 4.92 Å². The third kappa shape index (κ3) is 2.33. The van der Waals surface area contributed by atoms with Crippen LogP contribution in [0.15, 0.2) is 30.7 Å². The molecule has 0 fully saturated rings. The molecule has 86 valence electrons. The van der Waals surface area contributed by atoms with E-state index in [0.29, 0.717) is 5.69 Å². The Labute approximate surface area is 96.5 Å². The molecule has 0 spiro atoms. The first kappa shape index (κ1) is 10.9. The van der Waals surface area contributed by atoms with Crippen LogP contribution in [0.3, 0.4) is 0 Å². The number of rotatable bonds is 3. The lowest BCUT2D eigenvalue weighted by Crippen LogP contribution is -2.06. The molecule has 0 bridgehead atoms. The summed E-state index contributed by atoms with van der Waals surface area (Å²) in [6.07, 6.45) is 3.08. The molecule has 0 aliphatic carbocycles. The molecule has 0 atom stereocenters. The molecule has 0 amide bonds. The van der Waals surface area contributed by atoms with Crippen LogP contribution in [0.1, 0.15) is 11.4 Å². The Bertz CT molecular complexity index is 544. The predicted octanol–water partition coefficient (Wildman–Crippen LogP) is 0.953. The van der Waals surface area contributed by atoms with Gasteiger partial charge in [0, 0.05) is 18.3 Å². The van der Waals surface area contributed by atoms with E-state index in [2.05, 4.69) is 15.0 Å². The fourth-order valence-corrected chi connectivity index (χ4v) is 1.43. The summed E-state index contributed by atoms with van der Waals surface area (Å²) < 4.78 is 0. The molecule has 2 N–H and O–H groups in total. The second-order valence-corrected chi connectivity index (χ2v) is 3.31. The van der Waals surface area contributed by atoms with Gasteiger partial charge in [-0.1, -0.05) is 6.07 Å². The Balaban J connectivity index is 2.40. The number of pyridine rings is 1. The monoisotopic (exact) mass is 231 g/mol. The van der Waals surface area contributed by atoms with Gasteiger partial charge in [0.15, 0.2) is 0 Å². The smallest absolute Gasteiger partial charge is 0.332 e. The zero-order valence-corrected chi connectivity index (χ0v) is 8.78. The first-order chi connectivity index (χ1) is 8.18. The molecule has 0 aliphatic rings. The van der Waals surface area contributed by atoms with Crippen molar-refractivity contribution in [1.29, 1.82) is 0 Å². The fraction of sp³-hybridized carbons (Fsp3) is 0.100. The van der Waals surface area contributed by atoms with Crippen LogP contribution in [0.5, 0.6) is 0 Å². The van der Waals surface area contributed by atoms with Crippen molar-refractivity contribution in [1.82, 2.24) is 15.0 Å². The van der Waals surface area contributed by atoms with E-state index in [-0.39, 0.29) is 23.6 Å². The summed E-state index contributed by atoms with van der Waals surface area (Å²) in [5, 5.41) is 10.9. The van der Waals surface area contributed by atoms with Gasteiger partial charge in [-0.25, -0.2) is 9.97 Å². The Kier molecular flexibility index (Phi) is 2.91. The number of hydrogen-bond acceptors (Lipinski definition) is 6. The Morgan fingerprint density at radius 3 is 2.76 bits per heavy atom. The number of nitrogens with two attached hydrogens (primary N) is 1. The second kappa shape index (κ2) is 4.52. The minimum absolute atomic E-state index is 0.129. The van der Waals surface area contributed by atoms with Crippen LogP contribution < -0.4 is 5.73 Å². The van der Waals surface area contributed by atoms with Gasteiger partial charge >= 0.3 is 5.69 Å². The first-order valence-corrected chi connectivity index (χ1v) is 4.82. The molecule has 7 heteroatoms. The van der Waals surface area contributed by atoms with Gasteiger partial charge in [-0.2, -0.15) is 0 Å². The molecular weight excluding hydrogens is 222 g/mol. The molecule has 2 aromatic heterocycles. The maximum absolute atomic E-state index is 10.9. The molecular formula is C10H9N5O2. The van der Waals surface area contributed by atoms with Gasteiger partial charge in [-0.3, -0.25) is 15.1 Å². The molecule has 0 unspecified atom stereocenters. The summed E-state index contributed by atoms with van der Waals surface area (Å²) in [7, 11) is 0. The molecule has 0 aliphatic heterocycles. The highest BCUT2D eigenvalue weighted by Crippen LogP contribution is 2.23. The Hall–Kier alpha value is -2.57. The summed E-state index contributed by atoms with van der Waals surface area (Å²) in [4.78, 5) is 21.9. The first-order valence-electron chi connectivity index (χ1n) is 4.82. The van der Waals surface area contributed by atoms with Crippen LogP contribution >= 0.6 is 0 Å². The fourth-order valence-electron chi connectivity index (χ4n) is 1.43. The van der Waals surface area contributed by atoms with Crippen molar-refractivity contribution >= 4 is 11.5 Å². The highest BCUT2D eigenvalue weighted by Gasteiger charge is 2.20. The quantitative estimate of drug-likeness (QED) is 0.622. The van der Waals surface area contributed by atoms with Crippen LogP contribution in [0.4, 0.5) is 11.5 Å². The van der Waals surface area contributed by atoms with Crippen molar-refractivity contribution in [2.75, 3.05) is 5.73 Å². The van der Waals surface area contributed by atoms with Crippen molar-refractivity contribution in [2.24, 2.45) is 0 Å². The van der Waals surface area contributed by atoms with E-state index in [9.17, 15) is 10.1 Å². The van der Waals surface area contributed by atoms with E-state index in [1.165, 1.54) is 6.33 Å². The van der Waals surface area contributed by atoms with Crippen molar-refractivity contribution in [3.05, 3.63) is 52.2 Å². The maximum Gasteiger partial charge on any atom is 0.332 e. The highest BCUT2D eigenvalue weighted by molar-refractivity contribution is 5.55. The van der Waals surface area contributed by atoms with E-state index < -0.39 is 4.92 Å². The summed E-state index contributed by atoms with van der Waals surface area (Å²) >= 11 is 0. The standard InChI is InChI=1S/C10H9N5O2/c11-10-9(15(16)17)8(13-6-14-10)5-7-3-1-2-4-12-7/h1-4,6H,5H2,(H2,11,13,14). The minimum atomic E-state index is -0.576. The number of anilines is 1. The van der Waals surface area contributed by atoms with E-state index in [1.54, 1.807) is 24.4 Å². The van der Waals surface area contributed by atoms with Crippen LogP contribution in [-0.2, 0) is 6.42 Å². The Morgan fingerprint density at radius 2 is 2.12 bits per heavy atom. The number of hydrogen-bond donors (Lipinski definition) is 1. The van der Waals surface area contributed by atoms with Gasteiger partial charge in [0.05, 0.1) is 4.92 Å². The third-order valence-corrected chi connectivity index (χ3v) is 2.18. The van der Waals surface area contributed by atoms with Crippen LogP contribution in [-0.4, -0.2) is 19.9 Å². The molecule has 0 saturated heterocycles. The average Bonchev–Trinajstić information content (AvgIpc) is 2.30. The Morgan fingerprint density at radius 1 is 1.29 bits per heavy atom. The lowest BCUT2D eigenvalue weighted by Gasteiger charge is -2.02. The lowest BCUT2D eigenvalue weighted by atomic mass is 10.2. The largest absolute Gasteiger partial charge is 0.378 e. The van der Waals surface area contributed by atoms with Crippen molar-refractivity contribution in [3.8, 4) is 0 Å². The van der Waals surface area contributed by atoms with Crippen LogP contribution in [0.25, 0.3) is 0 Å². The zero-order chi connectivity index (χ0) is 12.3. The van der Waals surface area contributed by atoms with Gasteiger partial charge in [0.1, 0.15) is 12.0 Å². The summed E-state index contributed by atoms with van der Waals surface area (Å²) in [5.74, 6) is -0.129.